The predicted molar refractivity (Wildman–Crippen MR) is 76.5 cm³/mol. The maximum atomic E-state index is 11.4. The minimum atomic E-state index is -0.00411. The van der Waals surface area contributed by atoms with E-state index in [9.17, 15) is 4.79 Å². The Bertz CT molecular complexity index is 470. The van der Waals surface area contributed by atoms with E-state index in [2.05, 4.69) is 28.4 Å². The average molecular weight is 280 g/mol. The minimum Gasteiger partial charge on any atom is -0.371 e. The molecule has 2 heterocycles. The third-order valence-electron chi connectivity index (χ3n) is 3.91. The quantitative estimate of drug-likeness (QED) is 0.739. The van der Waals surface area contributed by atoms with E-state index in [-0.39, 0.29) is 12.5 Å². The number of carbonyl (C=O) groups is 1. The van der Waals surface area contributed by atoms with Gasteiger partial charge in [-0.15, -0.1) is 0 Å². The molecular formula is C14H24N4O2. The molecule has 2 rings (SSSR count). The highest BCUT2D eigenvalue weighted by Crippen LogP contribution is 2.23. The first kappa shape index (κ1) is 15.0. The van der Waals surface area contributed by atoms with Crippen molar-refractivity contribution < 1.29 is 9.53 Å². The minimum absolute atomic E-state index is 0.00411. The smallest absolute Gasteiger partial charge is 0.248 e. The van der Waals surface area contributed by atoms with E-state index in [4.69, 9.17) is 4.74 Å². The van der Waals surface area contributed by atoms with Crippen LogP contribution in [0.4, 0.5) is 0 Å². The van der Waals surface area contributed by atoms with E-state index in [0.29, 0.717) is 12.6 Å². The van der Waals surface area contributed by atoms with Gasteiger partial charge in [-0.1, -0.05) is 0 Å². The zero-order chi connectivity index (χ0) is 14.7. The maximum Gasteiger partial charge on any atom is 0.248 e. The largest absolute Gasteiger partial charge is 0.371 e. The molecule has 1 amide bonds. The van der Waals surface area contributed by atoms with Crippen LogP contribution in [0.1, 0.15) is 24.5 Å². The van der Waals surface area contributed by atoms with E-state index in [1.807, 2.05) is 6.20 Å². The third-order valence-corrected chi connectivity index (χ3v) is 3.91. The van der Waals surface area contributed by atoms with Crippen LogP contribution in [0.2, 0.25) is 0 Å². The van der Waals surface area contributed by atoms with Crippen LogP contribution in [0.25, 0.3) is 0 Å². The molecule has 1 aromatic rings. The molecule has 6 heteroatoms. The Morgan fingerprint density at radius 1 is 1.50 bits per heavy atom. The lowest BCUT2D eigenvalue weighted by molar-refractivity contribution is -0.133. The first-order valence-electron chi connectivity index (χ1n) is 7.03. The van der Waals surface area contributed by atoms with E-state index in [1.165, 1.54) is 10.6 Å². The fraction of sp³-hybridized carbons (Fsp3) is 0.714. The van der Waals surface area contributed by atoms with Crippen LogP contribution in [0, 0.1) is 0 Å². The molecule has 0 N–H and O–H groups in total. The number of amides is 1. The molecule has 1 aromatic heterocycles. The van der Waals surface area contributed by atoms with Crippen LogP contribution in [-0.4, -0.2) is 66.2 Å². The fourth-order valence-electron chi connectivity index (χ4n) is 2.33. The van der Waals surface area contributed by atoms with Crippen molar-refractivity contribution in [2.75, 3.05) is 40.9 Å². The molecule has 6 nitrogen and oxygen atoms in total. The van der Waals surface area contributed by atoms with Crippen LogP contribution in [0.5, 0.6) is 0 Å². The van der Waals surface area contributed by atoms with Crippen LogP contribution < -0.4 is 0 Å². The third kappa shape index (κ3) is 3.19. The topological polar surface area (TPSA) is 50.6 Å². The number of fused-ring (bicyclic) bond motifs is 1. The van der Waals surface area contributed by atoms with Gasteiger partial charge in [0, 0.05) is 45.5 Å². The Balaban J connectivity index is 1.86. The highest BCUT2D eigenvalue weighted by atomic mass is 16.5. The first-order chi connectivity index (χ1) is 9.50. The van der Waals surface area contributed by atoms with E-state index < -0.39 is 0 Å². The standard InChI is InChI=1S/C14H24N4O2/c1-11-14-15-9-12(18(14)7-6-17(11)4)5-8-20-10-13(19)16(2)3/h9,11H,5-8,10H2,1-4H3. The normalized spacial score (nSPS) is 18.9. The second-order valence-electron chi connectivity index (χ2n) is 5.51. The van der Waals surface area contributed by atoms with E-state index >= 15 is 0 Å². The Kier molecular flexibility index (Phi) is 4.77. The number of rotatable bonds is 5. The summed E-state index contributed by atoms with van der Waals surface area (Å²) in [6.07, 6.45) is 2.73. The number of likely N-dealkylation sites (N-methyl/N-ethyl adjacent to an activating group) is 2. The Hall–Kier alpha value is -1.40. The van der Waals surface area contributed by atoms with Crippen LogP contribution in [0.15, 0.2) is 6.20 Å². The molecule has 0 aliphatic carbocycles. The van der Waals surface area contributed by atoms with Gasteiger partial charge in [0.15, 0.2) is 0 Å². The molecule has 1 unspecified atom stereocenters. The summed E-state index contributed by atoms with van der Waals surface area (Å²) in [4.78, 5) is 19.8. The molecule has 1 aliphatic rings. The molecule has 0 saturated carbocycles. The van der Waals surface area contributed by atoms with Crippen molar-refractivity contribution in [2.45, 2.75) is 25.9 Å². The second kappa shape index (κ2) is 6.37. The average Bonchev–Trinajstić information content (AvgIpc) is 2.82. The molecular weight excluding hydrogens is 256 g/mol. The summed E-state index contributed by atoms with van der Waals surface area (Å²) >= 11 is 0. The van der Waals surface area contributed by atoms with Crippen molar-refractivity contribution in [1.82, 2.24) is 19.4 Å². The Morgan fingerprint density at radius 2 is 2.25 bits per heavy atom. The summed E-state index contributed by atoms with van der Waals surface area (Å²) in [6.45, 7) is 4.88. The van der Waals surface area contributed by atoms with Crippen LogP contribution >= 0.6 is 0 Å². The number of hydrogen-bond acceptors (Lipinski definition) is 4. The van der Waals surface area contributed by atoms with Crippen LogP contribution in [0.3, 0.4) is 0 Å². The van der Waals surface area contributed by atoms with Gasteiger partial charge in [-0.3, -0.25) is 9.69 Å². The van der Waals surface area contributed by atoms with Crippen molar-refractivity contribution in [3.05, 3.63) is 17.7 Å². The summed E-state index contributed by atoms with van der Waals surface area (Å²) in [5.74, 6) is 1.12. The van der Waals surface area contributed by atoms with Gasteiger partial charge < -0.3 is 14.2 Å². The summed E-state index contributed by atoms with van der Waals surface area (Å²) in [7, 11) is 5.59. The monoisotopic (exact) mass is 280 g/mol. The van der Waals surface area contributed by atoms with Crippen molar-refractivity contribution in [3.63, 3.8) is 0 Å². The zero-order valence-electron chi connectivity index (χ0n) is 12.8. The van der Waals surface area contributed by atoms with Gasteiger partial charge in [0.1, 0.15) is 12.4 Å². The van der Waals surface area contributed by atoms with E-state index in [1.54, 1.807) is 14.1 Å². The van der Waals surface area contributed by atoms with Gasteiger partial charge in [-0.2, -0.15) is 0 Å². The van der Waals surface area contributed by atoms with Gasteiger partial charge >= 0.3 is 0 Å². The lowest BCUT2D eigenvalue weighted by Crippen LogP contribution is -2.34. The SMILES string of the molecule is CC1c2ncc(CCOCC(=O)N(C)C)n2CCN1C. The lowest BCUT2D eigenvalue weighted by atomic mass is 10.2. The van der Waals surface area contributed by atoms with Crippen molar-refractivity contribution in [3.8, 4) is 0 Å². The molecule has 1 atom stereocenters. The number of aromatic nitrogens is 2. The number of ether oxygens (including phenoxy) is 1. The molecule has 0 spiro atoms. The highest BCUT2D eigenvalue weighted by Gasteiger charge is 2.23. The van der Waals surface area contributed by atoms with Gasteiger partial charge in [-0.25, -0.2) is 4.98 Å². The summed E-state index contributed by atoms with van der Waals surface area (Å²) in [5, 5.41) is 0. The molecule has 1 aliphatic heterocycles. The predicted octanol–water partition coefficient (Wildman–Crippen LogP) is 0.537. The molecule has 0 fully saturated rings. The number of nitrogens with zero attached hydrogens (tertiary/aromatic N) is 4. The zero-order valence-corrected chi connectivity index (χ0v) is 12.8. The first-order valence-corrected chi connectivity index (χ1v) is 7.03. The molecule has 112 valence electrons. The summed E-state index contributed by atoms with van der Waals surface area (Å²) < 4.78 is 7.71. The number of carbonyl (C=O) groups excluding carboxylic acids is 1. The molecule has 0 bridgehead atoms. The summed E-state index contributed by atoms with van der Waals surface area (Å²) in [5.41, 5.74) is 1.19. The van der Waals surface area contributed by atoms with Gasteiger partial charge in [-0.05, 0) is 14.0 Å². The maximum absolute atomic E-state index is 11.4. The van der Waals surface area contributed by atoms with Crippen molar-refractivity contribution in [2.24, 2.45) is 0 Å². The summed E-state index contributed by atoms with van der Waals surface area (Å²) in [6, 6.07) is 0.355. The van der Waals surface area contributed by atoms with Gasteiger partial charge in [0.25, 0.3) is 0 Å². The molecule has 0 radical (unpaired) electrons. The van der Waals surface area contributed by atoms with Gasteiger partial charge in [0.05, 0.1) is 12.6 Å². The van der Waals surface area contributed by atoms with Crippen molar-refractivity contribution in [1.29, 1.82) is 0 Å². The number of hydrogen-bond donors (Lipinski definition) is 0. The second-order valence-corrected chi connectivity index (χ2v) is 5.51. The Morgan fingerprint density at radius 3 is 2.95 bits per heavy atom. The highest BCUT2D eigenvalue weighted by molar-refractivity contribution is 5.76. The molecule has 0 aromatic carbocycles. The van der Waals surface area contributed by atoms with E-state index in [0.717, 1.165) is 25.3 Å². The lowest BCUT2D eigenvalue weighted by Gasteiger charge is -2.31. The number of imidazole rings is 1. The molecule has 0 saturated heterocycles. The van der Waals surface area contributed by atoms with Crippen molar-refractivity contribution >= 4 is 5.91 Å². The Labute approximate surface area is 120 Å². The van der Waals surface area contributed by atoms with Gasteiger partial charge in [0.2, 0.25) is 5.91 Å². The van der Waals surface area contributed by atoms with Crippen LogP contribution in [-0.2, 0) is 22.5 Å². The molecule has 20 heavy (non-hydrogen) atoms. The fourth-order valence-corrected chi connectivity index (χ4v) is 2.33.